The van der Waals surface area contributed by atoms with Gasteiger partial charge >= 0.3 is 0 Å². The van der Waals surface area contributed by atoms with Crippen LogP contribution in [0.25, 0.3) is 0 Å². The topological polar surface area (TPSA) is 53.7 Å². The van der Waals surface area contributed by atoms with Gasteiger partial charge in [-0.05, 0) is 34.8 Å². The summed E-state index contributed by atoms with van der Waals surface area (Å²) in [5.74, 6) is 2.23. The molecule has 1 saturated carbocycles. The lowest BCUT2D eigenvalue weighted by Gasteiger charge is -2.35. The number of rotatable bonds is 2. The van der Waals surface area contributed by atoms with Crippen molar-refractivity contribution in [3.63, 3.8) is 0 Å². The van der Waals surface area contributed by atoms with Crippen molar-refractivity contribution in [2.24, 2.45) is 5.73 Å². The van der Waals surface area contributed by atoms with Gasteiger partial charge in [0.2, 0.25) is 6.79 Å². The molecule has 1 aromatic rings. The number of hydrogen-bond acceptors (Lipinski definition) is 4. The number of halogens is 1. The molecule has 0 amide bonds. The molecule has 2 aliphatic rings. The minimum absolute atomic E-state index is 0.248. The first-order chi connectivity index (χ1) is 9.15. The number of hydrogen-bond donors (Lipinski definition) is 1. The average molecular weight is 328 g/mol. The van der Waals surface area contributed by atoms with Crippen molar-refractivity contribution < 1.29 is 14.2 Å². The smallest absolute Gasteiger partial charge is 0.231 e. The van der Waals surface area contributed by atoms with E-state index in [4.69, 9.17) is 19.9 Å². The fraction of sp³-hybridized carbons (Fsp3) is 0.571. The maximum absolute atomic E-state index is 6.62. The normalized spacial score (nSPS) is 20.4. The average Bonchev–Trinajstić information content (AvgIpc) is 2.88. The molecular weight excluding hydrogens is 310 g/mol. The summed E-state index contributed by atoms with van der Waals surface area (Å²) in [5.41, 5.74) is 7.32. The summed E-state index contributed by atoms with van der Waals surface area (Å²) < 4.78 is 17.3. The van der Waals surface area contributed by atoms with Crippen molar-refractivity contribution in [3.05, 3.63) is 16.1 Å². The zero-order chi connectivity index (χ0) is 13.5. The Balaban J connectivity index is 2.12. The third-order valence-corrected chi connectivity index (χ3v) is 4.77. The van der Waals surface area contributed by atoms with Gasteiger partial charge in [-0.3, -0.25) is 0 Å². The Kier molecular flexibility index (Phi) is 3.35. The Morgan fingerprint density at radius 2 is 2.00 bits per heavy atom. The van der Waals surface area contributed by atoms with Crippen LogP contribution in [0.5, 0.6) is 17.2 Å². The van der Waals surface area contributed by atoms with Crippen molar-refractivity contribution in [3.8, 4) is 17.2 Å². The Bertz CT molecular complexity index is 498. The second-order valence-electron chi connectivity index (χ2n) is 5.22. The molecule has 1 aliphatic carbocycles. The van der Waals surface area contributed by atoms with Gasteiger partial charge in [0, 0.05) is 11.1 Å². The highest BCUT2D eigenvalue weighted by atomic mass is 79.9. The van der Waals surface area contributed by atoms with Gasteiger partial charge in [-0.15, -0.1) is 0 Å². The van der Waals surface area contributed by atoms with E-state index in [0.717, 1.165) is 47.2 Å². The van der Waals surface area contributed by atoms with E-state index in [2.05, 4.69) is 15.9 Å². The van der Waals surface area contributed by atoms with Gasteiger partial charge in [0.15, 0.2) is 11.5 Å². The molecule has 0 saturated heterocycles. The molecule has 0 spiro atoms. The van der Waals surface area contributed by atoms with Gasteiger partial charge in [0.05, 0.1) is 7.11 Å². The SMILES string of the molecule is COc1c(C2(N)CCCCC2)cc2c(c1Br)OCO2. The molecule has 0 aromatic heterocycles. The maximum atomic E-state index is 6.62. The summed E-state index contributed by atoms with van der Waals surface area (Å²) in [6, 6.07) is 1.98. The zero-order valence-corrected chi connectivity index (χ0v) is 12.6. The second kappa shape index (κ2) is 4.87. The van der Waals surface area contributed by atoms with Crippen LogP contribution in [0.4, 0.5) is 0 Å². The van der Waals surface area contributed by atoms with Crippen LogP contribution in [0.15, 0.2) is 10.5 Å². The number of nitrogens with two attached hydrogens (primary N) is 1. The Morgan fingerprint density at radius 1 is 1.26 bits per heavy atom. The lowest BCUT2D eigenvalue weighted by atomic mass is 9.77. The van der Waals surface area contributed by atoms with E-state index in [-0.39, 0.29) is 12.3 Å². The fourth-order valence-corrected chi connectivity index (χ4v) is 3.69. The minimum Gasteiger partial charge on any atom is -0.495 e. The highest BCUT2D eigenvalue weighted by molar-refractivity contribution is 9.10. The first-order valence-electron chi connectivity index (χ1n) is 6.61. The number of methoxy groups -OCH3 is 1. The predicted molar refractivity (Wildman–Crippen MR) is 75.8 cm³/mol. The Hall–Kier alpha value is -0.940. The molecular formula is C14H18BrNO3. The zero-order valence-electron chi connectivity index (χ0n) is 11.0. The standard InChI is InChI=1S/C14H18BrNO3/c1-17-12-9(14(16)5-3-2-4-6-14)7-10-13(11(12)15)19-8-18-10/h7H,2-6,8,16H2,1H3. The van der Waals surface area contributed by atoms with Crippen LogP contribution in [0.3, 0.4) is 0 Å². The molecule has 19 heavy (non-hydrogen) atoms. The van der Waals surface area contributed by atoms with Crippen molar-refractivity contribution in [1.29, 1.82) is 0 Å². The highest BCUT2D eigenvalue weighted by Gasteiger charge is 2.36. The summed E-state index contributed by atoms with van der Waals surface area (Å²) >= 11 is 3.55. The number of benzene rings is 1. The van der Waals surface area contributed by atoms with Crippen molar-refractivity contribution in [1.82, 2.24) is 0 Å². The van der Waals surface area contributed by atoms with Crippen molar-refractivity contribution >= 4 is 15.9 Å². The lowest BCUT2D eigenvalue weighted by Crippen LogP contribution is -2.39. The molecule has 0 unspecified atom stereocenters. The van der Waals surface area contributed by atoms with E-state index in [1.807, 2.05) is 6.07 Å². The van der Waals surface area contributed by atoms with Crippen LogP contribution >= 0.6 is 15.9 Å². The lowest BCUT2D eigenvalue weighted by molar-refractivity contribution is 0.173. The summed E-state index contributed by atoms with van der Waals surface area (Å²) in [7, 11) is 1.66. The molecule has 1 aliphatic heterocycles. The van der Waals surface area contributed by atoms with E-state index < -0.39 is 0 Å². The van der Waals surface area contributed by atoms with E-state index in [1.54, 1.807) is 7.11 Å². The molecule has 0 bridgehead atoms. The first kappa shape index (κ1) is 13.1. The maximum Gasteiger partial charge on any atom is 0.231 e. The quantitative estimate of drug-likeness (QED) is 0.905. The molecule has 4 nitrogen and oxygen atoms in total. The van der Waals surface area contributed by atoms with Gasteiger partial charge in [-0.1, -0.05) is 19.3 Å². The van der Waals surface area contributed by atoms with E-state index in [1.165, 1.54) is 6.42 Å². The van der Waals surface area contributed by atoms with Crippen LogP contribution in [-0.4, -0.2) is 13.9 Å². The summed E-state index contributed by atoms with van der Waals surface area (Å²) in [6.07, 6.45) is 5.54. The van der Waals surface area contributed by atoms with Crippen LogP contribution in [0.1, 0.15) is 37.7 Å². The summed E-state index contributed by atoms with van der Waals surface area (Å²) in [5, 5.41) is 0. The molecule has 5 heteroatoms. The van der Waals surface area contributed by atoms with Crippen LogP contribution in [0.2, 0.25) is 0 Å². The van der Waals surface area contributed by atoms with E-state index >= 15 is 0 Å². The van der Waals surface area contributed by atoms with Gasteiger partial charge in [0.1, 0.15) is 10.2 Å². The number of fused-ring (bicyclic) bond motifs is 1. The fourth-order valence-electron chi connectivity index (χ4n) is 3.01. The monoisotopic (exact) mass is 327 g/mol. The third-order valence-electron chi connectivity index (χ3n) is 4.05. The largest absolute Gasteiger partial charge is 0.495 e. The molecule has 1 aromatic carbocycles. The summed E-state index contributed by atoms with van der Waals surface area (Å²) in [6.45, 7) is 0.248. The van der Waals surface area contributed by atoms with Gasteiger partial charge in [0.25, 0.3) is 0 Å². The van der Waals surface area contributed by atoms with Gasteiger partial charge < -0.3 is 19.9 Å². The molecule has 0 radical (unpaired) electrons. The molecule has 1 heterocycles. The van der Waals surface area contributed by atoms with Crippen LogP contribution in [0, 0.1) is 0 Å². The second-order valence-corrected chi connectivity index (χ2v) is 6.01. The van der Waals surface area contributed by atoms with Gasteiger partial charge in [-0.25, -0.2) is 0 Å². The third kappa shape index (κ3) is 2.09. The van der Waals surface area contributed by atoms with Gasteiger partial charge in [-0.2, -0.15) is 0 Å². The highest BCUT2D eigenvalue weighted by Crippen LogP contribution is 2.51. The van der Waals surface area contributed by atoms with E-state index in [0.29, 0.717) is 5.75 Å². The Morgan fingerprint density at radius 3 is 2.68 bits per heavy atom. The molecule has 0 atom stereocenters. The first-order valence-corrected chi connectivity index (χ1v) is 7.40. The molecule has 1 fully saturated rings. The minimum atomic E-state index is -0.326. The molecule has 3 rings (SSSR count). The van der Waals surface area contributed by atoms with E-state index in [9.17, 15) is 0 Å². The Labute approximate surface area is 121 Å². The van der Waals surface area contributed by atoms with Crippen LogP contribution < -0.4 is 19.9 Å². The van der Waals surface area contributed by atoms with Crippen molar-refractivity contribution in [2.75, 3.05) is 13.9 Å². The van der Waals surface area contributed by atoms with Crippen LogP contribution in [-0.2, 0) is 5.54 Å². The number of ether oxygens (including phenoxy) is 3. The molecule has 104 valence electrons. The van der Waals surface area contributed by atoms with Crippen molar-refractivity contribution in [2.45, 2.75) is 37.6 Å². The predicted octanol–water partition coefficient (Wildman–Crippen LogP) is 3.30. The molecule has 2 N–H and O–H groups in total. The summed E-state index contributed by atoms with van der Waals surface area (Å²) in [4.78, 5) is 0.